The molecule has 94 valence electrons. The van der Waals surface area contributed by atoms with Gasteiger partial charge in [0.1, 0.15) is 6.54 Å². The Kier molecular flexibility index (Phi) is 4.35. The molecule has 2 nitrogen and oxygen atoms in total. The fourth-order valence-electron chi connectivity index (χ4n) is 1.89. The third kappa shape index (κ3) is 3.59. The summed E-state index contributed by atoms with van der Waals surface area (Å²) in [6.45, 7) is 3.33. The number of aromatic nitrogens is 2. The van der Waals surface area contributed by atoms with E-state index in [1.807, 2.05) is 7.05 Å². The van der Waals surface area contributed by atoms with Crippen molar-refractivity contribution in [2.75, 3.05) is 0 Å². The molecule has 2 heterocycles. The van der Waals surface area contributed by atoms with E-state index in [-0.39, 0.29) is 0 Å². The van der Waals surface area contributed by atoms with Crippen LogP contribution < -0.4 is 4.57 Å². The number of pyridine rings is 1. The number of hydrogen-bond donors (Lipinski definition) is 0. The van der Waals surface area contributed by atoms with Gasteiger partial charge >= 0.3 is 0 Å². The van der Waals surface area contributed by atoms with Crippen LogP contribution in [0.15, 0.2) is 43.0 Å². The summed E-state index contributed by atoms with van der Waals surface area (Å²) in [5.41, 5.74) is 2.48. The van der Waals surface area contributed by atoms with Crippen molar-refractivity contribution < 1.29 is 4.57 Å². The van der Waals surface area contributed by atoms with Gasteiger partial charge in [-0.1, -0.05) is 25.5 Å². The van der Waals surface area contributed by atoms with Crippen molar-refractivity contribution in [2.45, 2.75) is 26.3 Å². The molecule has 0 saturated carbocycles. The normalized spacial score (nSPS) is 11.2. The van der Waals surface area contributed by atoms with Crippen LogP contribution in [0.5, 0.6) is 0 Å². The van der Waals surface area contributed by atoms with Crippen molar-refractivity contribution in [1.82, 2.24) is 4.57 Å². The van der Waals surface area contributed by atoms with Gasteiger partial charge in [0, 0.05) is 38.0 Å². The summed E-state index contributed by atoms with van der Waals surface area (Å²) >= 11 is 0. The molecule has 2 aromatic rings. The van der Waals surface area contributed by atoms with Gasteiger partial charge in [-0.15, -0.1) is 0 Å². The number of unbranched alkanes of at least 4 members (excludes halogenated alkanes) is 1. The molecule has 2 aromatic heterocycles. The molecule has 0 bridgehead atoms. The molecule has 0 unspecified atom stereocenters. The first-order valence-electron chi connectivity index (χ1n) is 6.57. The Balaban J connectivity index is 1.99. The topological polar surface area (TPSA) is 8.81 Å². The van der Waals surface area contributed by atoms with Crippen molar-refractivity contribution in [3.05, 3.63) is 54.1 Å². The van der Waals surface area contributed by atoms with Gasteiger partial charge in [0.25, 0.3) is 0 Å². The summed E-state index contributed by atoms with van der Waals surface area (Å²) < 4.78 is 4.30. The van der Waals surface area contributed by atoms with Gasteiger partial charge < -0.3 is 4.57 Å². The van der Waals surface area contributed by atoms with Gasteiger partial charge in [-0.25, -0.2) is 4.57 Å². The van der Waals surface area contributed by atoms with Gasteiger partial charge in [0.15, 0.2) is 12.4 Å². The molecule has 0 saturated heterocycles. The minimum Gasteiger partial charge on any atom is -0.357 e. The van der Waals surface area contributed by atoms with Gasteiger partial charge in [0.2, 0.25) is 0 Å². The van der Waals surface area contributed by atoms with E-state index < -0.39 is 0 Å². The number of hydrogen-bond acceptors (Lipinski definition) is 0. The maximum Gasteiger partial charge on any atom is 0.169 e. The van der Waals surface area contributed by atoms with E-state index in [0.29, 0.717) is 0 Å². The first-order valence-corrected chi connectivity index (χ1v) is 6.57. The molecule has 0 aromatic carbocycles. The van der Waals surface area contributed by atoms with Gasteiger partial charge in [0.05, 0.1) is 0 Å². The number of rotatable bonds is 5. The van der Waals surface area contributed by atoms with Gasteiger partial charge in [-0.2, -0.15) is 0 Å². The largest absolute Gasteiger partial charge is 0.357 e. The summed E-state index contributed by atoms with van der Waals surface area (Å²) in [5.74, 6) is 0. The second-order valence-corrected chi connectivity index (χ2v) is 4.67. The monoisotopic (exact) mass is 241 g/mol. The van der Waals surface area contributed by atoms with Crippen molar-refractivity contribution in [3.63, 3.8) is 0 Å². The molecule has 0 fully saturated rings. The highest BCUT2D eigenvalue weighted by Gasteiger charge is 1.98. The number of aryl methyl sites for hydroxylation is 2. The van der Waals surface area contributed by atoms with E-state index >= 15 is 0 Å². The Morgan fingerprint density at radius 2 is 1.83 bits per heavy atom. The Labute approximate surface area is 109 Å². The lowest BCUT2D eigenvalue weighted by Gasteiger charge is -1.95. The van der Waals surface area contributed by atoms with Crippen LogP contribution in [0.3, 0.4) is 0 Å². The lowest BCUT2D eigenvalue weighted by atomic mass is 10.2. The highest BCUT2D eigenvalue weighted by molar-refractivity contribution is 5.68. The summed E-state index contributed by atoms with van der Waals surface area (Å²) in [4.78, 5) is 0. The molecule has 0 aliphatic heterocycles. The fourth-order valence-corrected chi connectivity index (χ4v) is 1.89. The van der Waals surface area contributed by atoms with Crippen LogP contribution in [0.25, 0.3) is 12.2 Å². The van der Waals surface area contributed by atoms with Crippen LogP contribution in [0, 0.1) is 0 Å². The van der Waals surface area contributed by atoms with E-state index in [4.69, 9.17) is 0 Å². The van der Waals surface area contributed by atoms with E-state index in [1.54, 1.807) is 0 Å². The minimum absolute atomic E-state index is 1.11. The van der Waals surface area contributed by atoms with Crippen LogP contribution in [-0.4, -0.2) is 4.57 Å². The highest BCUT2D eigenvalue weighted by Crippen LogP contribution is 2.07. The average Bonchev–Trinajstić information content (AvgIpc) is 2.81. The third-order valence-corrected chi connectivity index (χ3v) is 3.01. The van der Waals surface area contributed by atoms with Gasteiger partial charge in [-0.05, 0) is 17.2 Å². The van der Waals surface area contributed by atoms with Crippen LogP contribution >= 0.6 is 0 Å². The van der Waals surface area contributed by atoms with Crippen molar-refractivity contribution >= 4 is 12.2 Å². The lowest BCUT2D eigenvalue weighted by molar-refractivity contribution is -0.697. The second kappa shape index (κ2) is 6.20. The van der Waals surface area contributed by atoms with Crippen molar-refractivity contribution in [3.8, 4) is 0 Å². The van der Waals surface area contributed by atoms with Crippen molar-refractivity contribution in [1.29, 1.82) is 0 Å². The van der Waals surface area contributed by atoms with Crippen LogP contribution in [0.2, 0.25) is 0 Å². The summed E-state index contributed by atoms with van der Waals surface area (Å²) in [6, 6.07) is 6.44. The Bertz CT molecular complexity index is 506. The smallest absolute Gasteiger partial charge is 0.169 e. The lowest BCUT2D eigenvalue weighted by Crippen LogP contribution is -2.32. The zero-order valence-electron chi connectivity index (χ0n) is 11.2. The van der Waals surface area contributed by atoms with Crippen LogP contribution in [0.1, 0.15) is 30.9 Å². The highest BCUT2D eigenvalue weighted by atomic mass is 14.9. The first-order chi connectivity index (χ1) is 8.78. The molecule has 0 spiro atoms. The Hall–Kier alpha value is -1.83. The SMILES string of the molecule is CCCC[n+]1ccc(/C=C/c2ccn(C)c2)cc1. The van der Waals surface area contributed by atoms with E-state index in [0.717, 1.165) is 6.54 Å². The summed E-state index contributed by atoms with van der Waals surface area (Å²) in [5, 5.41) is 0. The standard InChI is InChI=1S/C16H21N2/c1-3-4-10-18-12-8-15(9-13-18)5-6-16-7-11-17(2)14-16/h5-9,11-14H,3-4,10H2,1-2H3/q+1. The minimum atomic E-state index is 1.11. The molecule has 0 amide bonds. The quantitative estimate of drug-likeness (QED) is 0.710. The maximum absolute atomic E-state index is 2.24. The summed E-state index contributed by atoms with van der Waals surface area (Å²) in [7, 11) is 2.04. The molecular weight excluding hydrogens is 220 g/mol. The van der Waals surface area contributed by atoms with E-state index in [2.05, 4.69) is 71.2 Å². The third-order valence-electron chi connectivity index (χ3n) is 3.01. The summed E-state index contributed by atoms with van der Waals surface area (Å²) in [6.07, 6.45) is 15.3. The molecule has 2 rings (SSSR count). The number of nitrogens with zero attached hydrogens (tertiary/aromatic N) is 2. The molecule has 2 heteroatoms. The van der Waals surface area contributed by atoms with E-state index in [1.165, 1.54) is 24.0 Å². The molecule has 0 N–H and O–H groups in total. The first kappa shape index (κ1) is 12.6. The average molecular weight is 241 g/mol. The van der Waals surface area contributed by atoms with E-state index in [9.17, 15) is 0 Å². The van der Waals surface area contributed by atoms with Crippen molar-refractivity contribution in [2.24, 2.45) is 7.05 Å². The molecule has 0 atom stereocenters. The zero-order chi connectivity index (χ0) is 12.8. The molecular formula is C16H21N2+. The molecule has 18 heavy (non-hydrogen) atoms. The molecule has 0 radical (unpaired) electrons. The fraction of sp³-hybridized carbons (Fsp3) is 0.312. The van der Waals surface area contributed by atoms with Crippen LogP contribution in [-0.2, 0) is 13.6 Å². The zero-order valence-corrected chi connectivity index (χ0v) is 11.2. The molecule has 0 aliphatic rings. The Morgan fingerprint density at radius 3 is 2.44 bits per heavy atom. The molecule has 0 aliphatic carbocycles. The predicted octanol–water partition coefficient (Wildman–Crippen LogP) is 3.28. The second-order valence-electron chi connectivity index (χ2n) is 4.67. The Morgan fingerprint density at radius 1 is 1.11 bits per heavy atom. The van der Waals surface area contributed by atoms with Crippen LogP contribution in [0.4, 0.5) is 0 Å². The maximum atomic E-state index is 2.24. The van der Waals surface area contributed by atoms with Gasteiger partial charge in [-0.3, -0.25) is 0 Å². The predicted molar refractivity (Wildman–Crippen MR) is 75.9 cm³/mol.